The Balaban J connectivity index is 1.92. The minimum atomic E-state index is 0.0867. The van der Waals surface area contributed by atoms with E-state index in [-0.39, 0.29) is 11.3 Å². The van der Waals surface area contributed by atoms with Gasteiger partial charge in [0.1, 0.15) is 5.37 Å². The number of hydrogen-bond acceptors (Lipinski definition) is 2. The molecule has 0 saturated carbocycles. The van der Waals surface area contributed by atoms with Crippen molar-refractivity contribution in [2.45, 2.75) is 25.1 Å². The van der Waals surface area contributed by atoms with Crippen LogP contribution < -0.4 is 4.90 Å². The van der Waals surface area contributed by atoms with E-state index in [1.54, 1.807) is 11.8 Å². The maximum absolute atomic E-state index is 12.3. The average molecular weight is 297 g/mol. The quantitative estimate of drug-likeness (QED) is 0.826. The van der Waals surface area contributed by atoms with Gasteiger partial charge in [0, 0.05) is 5.69 Å². The van der Waals surface area contributed by atoms with Crippen molar-refractivity contribution in [2.24, 2.45) is 0 Å². The van der Waals surface area contributed by atoms with Gasteiger partial charge in [-0.1, -0.05) is 56.3 Å². The van der Waals surface area contributed by atoms with Crippen LogP contribution in [0, 0.1) is 0 Å². The molecule has 108 valence electrons. The van der Waals surface area contributed by atoms with E-state index in [1.165, 1.54) is 11.1 Å². The van der Waals surface area contributed by atoms with E-state index in [0.717, 1.165) is 5.69 Å². The molecule has 2 aromatic rings. The molecule has 0 unspecified atom stereocenters. The monoisotopic (exact) mass is 297 g/mol. The molecule has 1 aliphatic rings. The van der Waals surface area contributed by atoms with E-state index in [0.29, 0.717) is 11.7 Å². The first-order chi connectivity index (χ1) is 10.2. The summed E-state index contributed by atoms with van der Waals surface area (Å²) in [6.45, 7) is 4.36. The van der Waals surface area contributed by atoms with Gasteiger partial charge in [-0.3, -0.25) is 9.69 Å². The van der Waals surface area contributed by atoms with Crippen molar-refractivity contribution in [2.75, 3.05) is 10.7 Å². The van der Waals surface area contributed by atoms with E-state index in [9.17, 15) is 4.79 Å². The van der Waals surface area contributed by atoms with Crippen LogP contribution in [0.15, 0.2) is 54.6 Å². The maximum atomic E-state index is 12.3. The van der Waals surface area contributed by atoms with Gasteiger partial charge in [0.15, 0.2) is 0 Å². The molecule has 0 aromatic heterocycles. The first kappa shape index (κ1) is 14.2. The Morgan fingerprint density at radius 2 is 1.71 bits per heavy atom. The van der Waals surface area contributed by atoms with Crippen LogP contribution in [0.4, 0.5) is 5.69 Å². The summed E-state index contributed by atoms with van der Waals surface area (Å²) in [4.78, 5) is 14.2. The standard InChI is InChI=1S/C18H19NOS/c1-13(2)14-8-10-16(11-9-14)19-17(20)12-21-18(19)15-6-4-3-5-7-15/h3-11,13,18H,12H2,1-2H3/t18-/m1/s1. The van der Waals surface area contributed by atoms with Crippen LogP contribution in [0.25, 0.3) is 0 Å². The fourth-order valence-corrected chi connectivity index (χ4v) is 3.76. The summed E-state index contributed by atoms with van der Waals surface area (Å²) in [7, 11) is 0. The molecular formula is C18H19NOS. The van der Waals surface area contributed by atoms with Crippen LogP contribution in [-0.4, -0.2) is 11.7 Å². The molecule has 1 atom stereocenters. The van der Waals surface area contributed by atoms with Crippen molar-refractivity contribution in [3.8, 4) is 0 Å². The topological polar surface area (TPSA) is 20.3 Å². The minimum absolute atomic E-state index is 0.0867. The largest absolute Gasteiger partial charge is 0.295 e. The van der Waals surface area contributed by atoms with Gasteiger partial charge in [-0.05, 0) is 29.2 Å². The number of anilines is 1. The third-order valence-corrected chi connectivity index (χ3v) is 5.00. The summed E-state index contributed by atoms with van der Waals surface area (Å²) >= 11 is 1.69. The zero-order chi connectivity index (χ0) is 14.8. The molecule has 0 bridgehead atoms. The molecule has 21 heavy (non-hydrogen) atoms. The number of nitrogens with zero attached hydrogens (tertiary/aromatic N) is 1. The smallest absolute Gasteiger partial charge is 0.238 e. The third-order valence-electron chi connectivity index (χ3n) is 3.79. The number of hydrogen-bond donors (Lipinski definition) is 0. The Morgan fingerprint density at radius 3 is 2.33 bits per heavy atom. The van der Waals surface area contributed by atoms with E-state index in [1.807, 2.05) is 23.1 Å². The number of carbonyl (C=O) groups is 1. The summed E-state index contributed by atoms with van der Waals surface area (Å²) in [5, 5.41) is 0.0867. The number of rotatable bonds is 3. The zero-order valence-corrected chi connectivity index (χ0v) is 13.1. The van der Waals surface area contributed by atoms with Crippen molar-refractivity contribution >= 4 is 23.4 Å². The molecule has 1 amide bonds. The van der Waals surface area contributed by atoms with Crippen LogP contribution in [0.5, 0.6) is 0 Å². The van der Waals surface area contributed by atoms with Crippen LogP contribution in [-0.2, 0) is 4.79 Å². The van der Waals surface area contributed by atoms with Crippen molar-refractivity contribution in [1.29, 1.82) is 0 Å². The Hall–Kier alpha value is -1.74. The maximum Gasteiger partial charge on any atom is 0.238 e. The fraction of sp³-hybridized carbons (Fsp3) is 0.278. The lowest BCUT2D eigenvalue weighted by Gasteiger charge is -2.24. The molecule has 2 nitrogen and oxygen atoms in total. The van der Waals surface area contributed by atoms with Crippen molar-refractivity contribution in [3.05, 3.63) is 65.7 Å². The van der Waals surface area contributed by atoms with Gasteiger partial charge in [0.05, 0.1) is 5.75 Å². The molecule has 1 saturated heterocycles. The lowest BCUT2D eigenvalue weighted by Crippen LogP contribution is -2.27. The molecule has 0 spiro atoms. The molecule has 0 aliphatic carbocycles. The van der Waals surface area contributed by atoms with Crippen LogP contribution in [0.1, 0.15) is 36.3 Å². The van der Waals surface area contributed by atoms with Gasteiger partial charge in [-0.15, -0.1) is 11.8 Å². The molecule has 3 heteroatoms. The van der Waals surface area contributed by atoms with Crippen molar-refractivity contribution in [1.82, 2.24) is 0 Å². The summed E-state index contributed by atoms with van der Waals surface area (Å²) in [5.41, 5.74) is 3.47. The molecule has 1 fully saturated rings. The Labute approximate surface area is 130 Å². The average Bonchev–Trinajstić information content (AvgIpc) is 2.90. The highest BCUT2D eigenvalue weighted by atomic mass is 32.2. The predicted octanol–water partition coefficient (Wildman–Crippen LogP) is 4.59. The molecule has 2 aromatic carbocycles. The first-order valence-corrected chi connectivity index (χ1v) is 8.30. The van der Waals surface area contributed by atoms with E-state index in [2.05, 4.69) is 50.2 Å². The Bertz CT molecular complexity index is 621. The van der Waals surface area contributed by atoms with Crippen LogP contribution in [0.3, 0.4) is 0 Å². The number of thioether (sulfide) groups is 1. The predicted molar refractivity (Wildman–Crippen MR) is 89.7 cm³/mol. The van der Waals surface area contributed by atoms with Gasteiger partial charge >= 0.3 is 0 Å². The second kappa shape index (κ2) is 5.94. The zero-order valence-electron chi connectivity index (χ0n) is 12.3. The summed E-state index contributed by atoms with van der Waals surface area (Å²) < 4.78 is 0. The number of amides is 1. The summed E-state index contributed by atoms with van der Waals surface area (Å²) in [6, 6.07) is 18.6. The van der Waals surface area contributed by atoms with Crippen LogP contribution in [0.2, 0.25) is 0 Å². The third kappa shape index (κ3) is 2.84. The number of benzene rings is 2. The highest BCUT2D eigenvalue weighted by Gasteiger charge is 2.33. The lowest BCUT2D eigenvalue weighted by molar-refractivity contribution is -0.115. The Morgan fingerprint density at radius 1 is 1.05 bits per heavy atom. The minimum Gasteiger partial charge on any atom is -0.295 e. The highest BCUT2D eigenvalue weighted by Crippen LogP contribution is 2.41. The normalized spacial score (nSPS) is 18.5. The second-order valence-electron chi connectivity index (χ2n) is 5.58. The Kier molecular flexibility index (Phi) is 4.02. The van der Waals surface area contributed by atoms with Gasteiger partial charge < -0.3 is 0 Å². The molecular weight excluding hydrogens is 278 g/mol. The molecule has 0 radical (unpaired) electrons. The second-order valence-corrected chi connectivity index (χ2v) is 6.65. The van der Waals surface area contributed by atoms with Crippen molar-refractivity contribution < 1.29 is 4.79 Å². The highest BCUT2D eigenvalue weighted by molar-refractivity contribution is 8.00. The SMILES string of the molecule is CC(C)c1ccc(N2C(=O)CS[C@@H]2c2ccccc2)cc1. The van der Waals surface area contributed by atoms with E-state index < -0.39 is 0 Å². The van der Waals surface area contributed by atoms with Gasteiger partial charge in [-0.25, -0.2) is 0 Å². The summed E-state index contributed by atoms with van der Waals surface area (Å²) in [5.74, 6) is 1.24. The van der Waals surface area contributed by atoms with Gasteiger partial charge in [0.25, 0.3) is 0 Å². The molecule has 0 N–H and O–H groups in total. The van der Waals surface area contributed by atoms with Crippen molar-refractivity contribution in [3.63, 3.8) is 0 Å². The van der Waals surface area contributed by atoms with Gasteiger partial charge in [0.2, 0.25) is 5.91 Å². The van der Waals surface area contributed by atoms with E-state index in [4.69, 9.17) is 0 Å². The molecule has 1 heterocycles. The number of carbonyl (C=O) groups excluding carboxylic acids is 1. The fourth-order valence-electron chi connectivity index (χ4n) is 2.59. The first-order valence-electron chi connectivity index (χ1n) is 7.25. The molecule has 3 rings (SSSR count). The summed E-state index contributed by atoms with van der Waals surface area (Å²) in [6.07, 6.45) is 0. The van der Waals surface area contributed by atoms with Gasteiger partial charge in [-0.2, -0.15) is 0 Å². The van der Waals surface area contributed by atoms with Crippen LogP contribution >= 0.6 is 11.8 Å². The molecule has 1 aliphatic heterocycles. The van der Waals surface area contributed by atoms with E-state index >= 15 is 0 Å². The lowest BCUT2D eigenvalue weighted by atomic mass is 10.0.